The zero-order valence-corrected chi connectivity index (χ0v) is 15.7. The summed E-state index contributed by atoms with van der Waals surface area (Å²) in [5, 5.41) is 12.1. The number of hydrogen-bond acceptors (Lipinski definition) is 4. The van der Waals surface area contributed by atoms with Crippen molar-refractivity contribution in [3.63, 3.8) is 0 Å². The molecular weight excluding hydrogens is 342 g/mol. The van der Waals surface area contributed by atoms with E-state index in [0.29, 0.717) is 30.1 Å². The van der Waals surface area contributed by atoms with Crippen LogP contribution in [0.3, 0.4) is 0 Å². The van der Waals surface area contributed by atoms with E-state index in [1.807, 2.05) is 30.3 Å². The van der Waals surface area contributed by atoms with Gasteiger partial charge in [0.15, 0.2) is 5.76 Å². The highest BCUT2D eigenvalue weighted by molar-refractivity contribution is 5.91. The van der Waals surface area contributed by atoms with Crippen LogP contribution in [0.5, 0.6) is 0 Å². The van der Waals surface area contributed by atoms with Crippen LogP contribution in [0.1, 0.15) is 49.7 Å². The number of amides is 1. The molecule has 3 aliphatic rings. The number of ether oxygens (including phenoxy) is 2. The topological polar surface area (TPSA) is 67.8 Å². The predicted molar refractivity (Wildman–Crippen MR) is 101 cm³/mol. The molecular formula is C22H29NO4. The van der Waals surface area contributed by atoms with Crippen molar-refractivity contribution in [3.05, 3.63) is 47.2 Å². The summed E-state index contributed by atoms with van der Waals surface area (Å²) < 4.78 is 11.9. The Labute approximate surface area is 160 Å². The Kier molecular flexibility index (Phi) is 5.79. The van der Waals surface area contributed by atoms with Crippen LogP contribution >= 0.6 is 0 Å². The third-order valence-corrected chi connectivity index (χ3v) is 5.96. The van der Waals surface area contributed by atoms with E-state index < -0.39 is 0 Å². The molecule has 1 aromatic rings. The summed E-state index contributed by atoms with van der Waals surface area (Å²) in [4.78, 5) is 12.5. The molecule has 1 amide bonds. The fourth-order valence-corrected chi connectivity index (χ4v) is 3.72. The summed E-state index contributed by atoms with van der Waals surface area (Å²) in [6, 6.07) is 7.70. The normalized spacial score (nSPS) is 25.3. The van der Waals surface area contributed by atoms with Crippen LogP contribution in [0, 0.1) is 17.8 Å². The Morgan fingerprint density at radius 2 is 1.89 bits per heavy atom. The molecule has 2 aliphatic carbocycles. The van der Waals surface area contributed by atoms with Crippen LogP contribution in [-0.2, 0) is 27.5 Å². The molecule has 146 valence electrons. The maximum absolute atomic E-state index is 12.5. The van der Waals surface area contributed by atoms with E-state index in [1.165, 1.54) is 32.1 Å². The molecule has 2 N–H and O–H groups in total. The van der Waals surface area contributed by atoms with Crippen LogP contribution in [0.2, 0.25) is 0 Å². The minimum absolute atomic E-state index is 0.0417. The summed E-state index contributed by atoms with van der Waals surface area (Å²) >= 11 is 0. The largest absolute Gasteiger partial charge is 0.459 e. The predicted octanol–water partition coefficient (Wildman–Crippen LogP) is 3.27. The lowest BCUT2D eigenvalue weighted by atomic mass is 9.73. The third kappa shape index (κ3) is 4.90. The van der Waals surface area contributed by atoms with Crippen molar-refractivity contribution < 1.29 is 19.4 Å². The zero-order valence-electron chi connectivity index (χ0n) is 15.7. The summed E-state index contributed by atoms with van der Waals surface area (Å²) in [6.45, 7) is 1.22. The van der Waals surface area contributed by atoms with Crippen LogP contribution < -0.4 is 5.32 Å². The molecule has 0 radical (unpaired) electrons. The molecule has 4 rings (SSSR count). The van der Waals surface area contributed by atoms with Crippen molar-refractivity contribution >= 4 is 5.91 Å². The Morgan fingerprint density at radius 1 is 1.15 bits per heavy atom. The SMILES string of the molecule is O=C(NCC1CC1)C1=C[C@H](C2CCC2)C[C@H](OCc2ccc(CO)cc2)O1. The number of aliphatic hydroxyl groups excluding tert-OH is 1. The Bertz CT molecular complexity index is 676. The summed E-state index contributed by atoms with van der Waals surface area (Å²) in [5.74, 6) is 1.98. The van der Waals surface area contributed by atoms with E-state index in [4.69, 9.17) is 14.6 Å². The number of aliphatic hydroxyl groups is 1. The number of benzene rings is 1. The minimum atomic E-state index is -0.389. The molecule has 5 heteroatoms. The molecule has 27 heavy (non-hydrogen) atoms. The van der Waals surface area contributed by atoms with Gasteiger partial charge in [0, 0.05) is 13.0 Å². The number of allylic oxidation sites excluding steroid dienone is 1. The van der Waals surface area contributed by atoms with Crippen LogP contribution in [0.25, 0.3) is 0 Å². The number of rotatable bonds is 8. The first kappa shape index (κ1) is 18.5. The molecule has 0 saturated heterocycles. The van der Waals surface area contributed by atoms with Gasteiger partial charge in [0.1, 0.15) is 0 Å². The zero-order chi connectivity index (χ0) is 18.6. The van der Waals surface area contributed by atoms with Crippen molar-refractivity contribution in [2.75, 3.05) is 6.54 Å². The second kappa shape index (κ2) is 8.44. The van der Waals surface area contributed by atoms with E-state index in [2.05, 4.69) is 5.32 Å². The summed E-state index contributed by atoms with van der Waals surface area (Å²) in [6.07, 6.45) is 8.61. The fraction of sp³-hybridized carbons (Fsp3) is 0.591. The van der Waals surface area contributed by atoms with Crippen LogP contribution in [0.4, 0.5) is 0 Å². The maximum Gasteiger partial charge on any atom is 0.286 e. The highest BCUT2D eigenvalue weighted by Gasteiger charge is 2.35. The molecule has 2 saturated carbocycles. The highest BCUT2D eigenvalue weighted by Crippen LogP contribution is 2.40. The van der Waals surface area contributed by atoms with Gasteiger partial charge in [-0.05, 0) is 60.6 Å². The first-order valence-corrected chi connectivity index (χ1v) is 10.2. The van der Waals surface area contributed by atoms with Gasteiger partial charge in [-0.3, -0.25) is 4.79 Å². The Balaban J connectivity index is 1.36. The molecule has 0 spiro atoms. The van der Waals surface area contributed by atoms with E-state index in [0.717, 1.165) is 24.1 Å². The van der Waals surface area contributed by atoms with Gasteiger partial charge in [0.05, 0.1) is 13.2 Å². The average Bonchev–Trinajstić information content (AvgIpc) is 3.48. The van der Waals surface area contributed by atoms with Crippen molar-refractivity contribution in [1.29, 1.82) is 0 Å². The standard InChI is InChI=1S/C22H29NO4/c24-13-16-6-8-17(9-7-16)14-26-21-11-19(18-2-1-3-18)10-20(27-21)22(25)23-12-15-4-5-15/h6-10,15,18-19,21,24H,1-5,11-14H2,(H,23,25)/t19-,21+/m0/s1. The maximum atomic E-state index is 12.5. The molecule has 2 fully saturated rings. The monoisotopic (exact) mass is 371 g/mol. The smallest absolute Gasteiger partial charge is 0.286 e. The van der Waals surface area contributed by atoms with Crippen LogP contribution in [-0.4, -0.2) is 23.8 Å². The van der Waals surface area contributed by atoms with E-state index in [9.17, 15) is 4.79 Å². The fourth-order valence-electron chi connectivity index (χ4n) is 3.72. The van der Waals surface area contributed by atoms with Crippen LogP contribution in [0.15, 0.2) is 36.1 Å². The average molecular weight is 371 g/mol. The quantitative estimate of drug-likeness (QED) is 0.736. The molecule has 2 atom stereocenters. The van der Waals surface area contributed by atoms with Crippen molar-refractivity contribution in [2.45, 2.75) is 58.0 Å². The molecule has 0 aromatic heterocycles. The summed E-state index contributed by atoms with van der Waals surface area (Å²) in [7, 11) is 0. The van der Waals surface area contributed by atoms with E-state index >= 15 is 0 Å². The Hall–Kier alpha value is -1.85. The van der Waals surface area contributed by atoms with Gasteiger partial charge in [-0.1, -0.05) is 30.7 Å². The van der Waals surface area contributed by atoms with Gasteiger partial charge in [-0.2, -0.15) is 0 Å². The van der Waals surface area contributed by atoms with Gasteiger partial charge < -0.3 is 19.9 Å². The van der Waals surface area contributed by atoms with Gasteiger partial charge in [-0.15, -0.1) is 0 Å². The number of hydrogen-bond donors (Lipinski definition) is 2. The number of nitrogens with one attached hydrogen (secondary N) is 1. The minimum Gasteiger partial charge on any atom is -0.459 e. The third-order valence-electron chi connectivity index (χ3n) is 5.96. The Morgan fingerprint density at radius 3 is 2.52 bits per heavy atom. The van der Waals surface area contributed by atoms with Gasteiger partial charge in [0.25, 0.3) is 5.91 Å². The lowest BCUT2D eigenvalue weighted by Crippen LogP contribution is -2.36. The lowest BCUT2D eigenvalue weighted by molar-refractivity contribution is -0.156. The second-order valence-corrected chi connectivity index (χ2v) is 8.11. The van der Waals surface area contributed by atoms with Gasteiger partial charge in [0.2, 0.25) is 6.29 Å². The molecule has 1 heterocycles. The van der Waals surface area contributed by atoms with Crippen molar-refractivity contribution in [2.24, 2.45) is 17.8 Å². The molecule has 5 nitrogen and oxygen atoms in total. The van der Waals surface area contributed by atoms with E-state index in [1.54, 1.807) is 0 Å². The number of carbonyl (C=O) groups is 1. The second-order valence-electron chi connectivity index (χ2n) is 8.11. The number of carbonyl (C=O) groups excluding carboxylic acids is 1. The molecule has 0 bridgehead atoms. The van der Waals surface area contributed by atoms with E-state index in [-0.39, 0.29) is 18.8 Å². The molecule has 1 aliphatic heterocycles. The highest BCUT2D eigenvalue weighted by atomic mass is 16.7. The van der Waals surface area contributed by atoms with Gasteiger partial charge >= 0.3 is 0 Å². The van der Waals surface area contributed by atoms with Gasteiger partial charge in [-0.25, -0.2) is 0 Å². The molecule has 1 aromatic carbocycles. The first-order valence-electron chi connectivity index (χ1n) is 10.2. The lowest BCUT2D eigenvalue weighted by Gasteiger charge is -2.37. The molecule has 0 unspecified atom stereocenters. The first-order chi connectivity index (χ1) is 13.2. The van der Waals surface area contributed by atoms with Crippen molar-refractivity contribution in [1.82, 2.24) is 5.32 Å². The van der Waals surface area contributed by atoms with Crippen molar-refractivity contribution in [3.8, 4) is 0 Å². The summed E-state index contributed by atoms with van der Waals surface area (Å²) in [5.41, 5.74) is 1.92.